The Morgan fingerprint density at radius 1 is 1.09 bits per heavy atom. The van der Waals surface area contributed by atoms with Gasteiger partial charge in [-0.05, 0) is 54.5 Å². The largest absolute Gasteiger partial charge is 0.252 e. The Kier molecular flexibility index (Phi) is 3.07. The number of fused-ring (bicyclic) bond motifs is 3. The fourth-order valence-electron chi connectivity index (χ4n) is 3.29. The average Bonchev–Trinajstić information content (AvgIpc) is 2.78. The van der Waals surface area contributed by atoms with E-state index in [2.05, 4.69) is 53.5 Å². The lowest BCUT2D eigenvalue weighted by molar-refractivity contribution is 0.587. The Labute approximate surface area is 128 Å². The van der Waals surface area contributed by atoms with E-state index in [1.54, 1.807) is 0 Å². The Bertz CT molecular complexity index is 872. The first-order valence-corrected chi connectivity index (χ1v) is 7.67. The van der Waals surface area contributed by atoms with Crippen LogP contribution in [0.4, 0.5) is 4.39 Å². The molecule has 0 saturated heterocycles. The van der Waals surface area contributed by atoms with Crippen LogP contribution in [0.25, 0.3) is 16.5 Å². The van der Waals surface area contributed by atoms with Crippen molar-refractivity contribution in [3.05, 3.63) is 70.7 Å². The zero-order chi connectivity index (χ0) is 15.1. The molecule has 0 unspecified atom stereocenters. The smallest absolute Gasteiger partial charge is 0.217 e. The lowest BCUT2D eigenvalue weighted by atomic mass is 9.91. The van der Waals surface area contributed by atoms with Crippen LogP contribution < -0.4 is 0 Å². The fraction of sp³-hybridized carbons (Fsp3) is 0.211. The number of H-pyrrole nitrogens is 1. The summed E-state index contributed by atoms with van der Waals surface area (Å²) in [4.78, 5) is 0. The summed E-state index contributed by atoms with van der Waals surface area (Å²) in [7, 11) is 0. The molecule has 0 radical (unpaired) electrons. The summed E-state index contributed by atoms with van der Waals surface area (Å²) < 4.78 is 14.1. The van der Waals surface area contributed by atoms with Gasteiger partial charge in [0.2, 0.25) is 5.95 Å². The van der Waals surface area contributed by atoms with Crippen molar-refractivity contribution in [2.75, 3.05) is 0 Å². The number of hydrogen-bond donors (Lipinski definition) is 1. The summed E-state index contributed by atoms with van der Waals surface area (Å²) in [6.07, 6.45) is 5.21. The van der Waals surface area contributed by atoms with E-state index >= 15 is 0 Å². The molecule has 1 aliphatic rings. The van der Waals surface area contributed by atoms with E-state index in [1.807, 2.05) is 6.07 Å². The van der Waals surface area contributed by atoms with E-state index in [4.69, 9.17) is 0 Å². The van der Waals surface area contributed by atoms with E-state index in [0.29, 0.717) is 10.9 Å². The third-order valence-corrected chi connectivity index (χ3v) is 4.42. The Morgan fingerprint density at radius 3 is 2.73 bits per heavy atom. The zero-order valence-corrected chi connectivity index (χ0v) is 12.5. The zero-order valence-electron chi connectivity index (χ0n) is 12.5. The topological polar surface area (TPSA) is 28.7 Å². The van der Waals surface area contributed by atoms with Gasteiger partial charge in [-0.25, -0.2) is 0 Å². The molecule has 0 atom stereocenters. The minimum atomic E-state index is -0.322. The SMILES string of the molecule is Cc1ccc(C2=CCCCc3c2ccc2n[nH]c(F)c32)cc1. The van der Waals surface area contributed by atoms with Gasteiger partial charge in [0.05, 0.1) is 10.9 Å². The van der Waals surface area contributed by atoms with Crippen LogP contribution in [0.1, 0.15) is 35.1 Å². The van der Waals surface area contributed by atoms with E-state index in [9.17, 15) is 4.39 Å². The third-order valence-electron chi connectivity index (χ3n) is 4.42. The number of allylic oxidation sites excluding steroid dienone is 1. The minimum Gasteiger partial charge on any atom is -0.252 e. The third kappa shape index (κ3) is 2.05. The summed E-state index contributed by atoms with van der Waals surface area (Å²) in [5.74, 6) is -0.322. The molecular formula is C19H17FN2. The van der Waals surface area contributed by atoms with Crippen molar-refractivity contribution in [3.8, 4) is 0 Å². The van der Waals surface area contributed by atoms with Gasteiger partial charge in [-0.1, -0.05) is 42.0 Å². The van der Waals surface area contributed by atoms with Gasteiger partial charge in [-0.15, -0.1) is 0 Å². The number of nitrogens with zero attached hydrogens (tertiary/aromatic N) is 1. The molecule has 3 heteroatoms. The molecule has 3 aromatic rings. The molecule has 1 N–H and O–H groups in total. The quantitative estimate of drug-likeness (QED) is 0.687. The van der Waals surface area contributed by atoms with Crippen LogP contribution in [0.2, 0.25) is 0 Å². The second kappa shape index (κ2) is 5.09. The highest BCUT2D eigenvalue weighted by Crippen LogP contribution is 2.35. The molecule has 0 aliphatic heterocycles. The average molecular weight is 292 g/mol. The number of halogens is 1. The summed E-state index contributed by atoms with van der Waals surface area (Å²) in [5, 5.41) is 7.17. The predicted octanol–water partition coefficient (Wildman–Crippen LogP) is 4.78. The van der Waals surface area contributed by atoms with E-state index in [0.717, 1.165) is 30.4 Å². The second-order valence-electron chi connectivity index (χ2n) is 5.90. The number of hydrogen-bond acceptors (Lipinski definition) is 1. The van der Waals surface area contributed by atoms with E-state index in [1.165, 1.54) is 16.7 Å². The van der Waals surface area contributed by atoms with Crippen molar-refractivity contribution < 1.29 is 4.39 Å². The number of rotatable bonds is 1. The first-order chi connectivity index (χ1) is 10.7. The molecule has 22 heavy (non-hydrogen) atoms. The number of aryl methyl sites for hydroxylation is 2. The number of nitrogens with one attached hydrogen (secondary N) is 1. The van der Waals surface area contributed by atoms with Gasteiger partial charge in [-0.2, -0.15) is 9.49 Å². The highest BCUT2D eigenvalue weighted by Gasteiger charge is 2.19. The maximum absolute atomic E-state index is 14.1. The standard InChI is InChI=1S/C19H17FN2/c1-12-6-8-13(9-7-12)14-4-2-3-5-16-15(14)10-11-17-18(16)19(20)22-21-17/h4,6-11H,2-3,5H2,1H3,(H,21,22). The Morgan fingerprint density at radius 2 is 1.91 bits per heavy atom. The van der Waals surface area contributed by atoms with Crippen molar-refractivity contribution >= 4 is 16.5 Å². The van der Waals surface area contributed by atoms with Crippen LogP contribution in [-0.4, -0.2) is 10.2 Å². The predicted molar refractivity (Wildman–Crippen MR) is 87.2 cm³/mol. The van der Waals surface area contributed by atoms with Gasteiger partial charge >= 0.3 is 0 Å². The van der Waals surface area contributed by atoms with Crippen LogP contribution in [-0.2, 0) is 6.42 Å². The molecule has 1 aliphatic carbocycles. The molecule has 1 heterocycles. The molecule has 2 aromatic carbocycles. The maximum atomic E-state index is 14.1. The molecular weight excluding hydrogens is 275 g/mol. The first-order valence-electron chi connectivity index (χ1n) is 7.67. The Balaban J connectivity index is 1.96. The normalized spacial score (nSPS) is 14.5. The Hall–Kier alpha value is -2.42. The monoisotopic (exact) mass is 292 g/mol. The molecule has 110 valence electrons. The summed E-state index contributed by atoms with van der Waals surface area (Å²) >= 11 is 0. The molecule has 0 spiro atoms. The van der Waals surface area contributed by atoms with Crippen molar-refractivity contribution in [2.24, 2.45) is 0 Å². The van der Waals surface area contributed by atoms with Crippen LogP contribution >= 0.6 is 0 Å². The van der Waals surface area contributed by atoms with Gasteiger partial charge < -0.3 is 0 Å². The maximum Gasteiger partial charge on any atom is 0.217 e. The van der Waals surface area contributed by atoms with E-state index in [-0.39, 0.29) is 5.95 Å². The van der Waals surface area contributed by atoms with Crippen LogP contribution in [0.3, 0.4) is 0 Å². The summed E-state index contributed by atoms with van der Waals surface area (Å²) in [6.45, 7) is 2.09. The fourth-order valence-corrected chi connectivity index (χ4v) is 3.29. The number of aromatic nitrogens is 2. The van der Waals surface area contributed by atoms with E-state index < -0.39 is 0 Å². The molecule has 0 bridgehead atoms. The summed E-state index contributed by atoms with van der Waals surface area (Å²) in [5.41, 5.74) is 6.56. The van der Waals surface area contributed by atoms with Gasteiger partial charge in [0, 0.05) is 0 Å². The second-order valence-corrected chi connectivity index (χ2v) is 5.90. The van der Waals surface area contributed by atoms with Crippen LogP contribution in [0.5, 0.6) is 0 Å². The highest BCUT2D eigenvalue weighted by molar-refractivity contribution is 5.92. The molecule has 2 nitrogen and oxygen atoms in total. The van der Waals surface area contributed by atoms with Crippen LogP contribution in [0.15, 0.2) is 42.5 Å². The molecule has 0 fully saturated rings. The van der Waals surface area contributed by atoms with Crippen molar-refractivity contribution in [3.63, 3.8) is 0 Å². The molecule has 1 aromatic heterocycles. The van der Waals surface area contributed by atoms with Crippen molar-refractivity contribution in [1.82, 2.24) is 10.2 Å². The van der Waals surface area contributed by atoms with Gasteiger partial charge in [0.15, 0.2) is 0 Å². The first kappa shape index (κ1) is 13.3. The van der Waals surface area contributed by atoms with Gasteiger partial charge in [0.25, 0.3) is 0 Å². The number of aromatic amines is 1. The van der Waals surface area contributed by atoms with Crippen molar-refractivity contribution in [1.29, 1.82) is 0 Å². The molecule has 0 saturated carbocycles. The lowest BCUT2D eigenvalue weighted by Crippen LogP contribution is -1.95. The van der Waals surface area contributed by atoms with Crippen molar-refractivity contribution in [2.45, 2.75) is 26.2 Å². The minimum absolute atomic E-state index is 0.322. The van der Waals surface area contributed by atoms with Gasteiger partial charge in [0.1, 0.15) is 0 Å². The van der Waals surface area contributed by atoms with Crippen LogP contribution in [0, 0.1) is 12.9 Å². The molecule has 0 amide bonds. The number of benzene rings is 2. The summed E-state index contributed by atoms with van der Waals surface area (Å²) in [6, 6.07) is 12.5. The molecule has 4 rings (SSSR count). The van der Waals surface area contributed by atoms with Gasteiger partial charge in [-0.3, -0.25) is 5.10 Å². The highest BCUT2D eigenvalue weighted by atomic mass is 19.1. The lowest BCUT2D eigenvalue weighted by Gasteiger charge is -2.12.